The number of hydrogen-bond acceptors (Lipinski definition) is 8. The molecule has 0 N–H and O–H groups in total. The predicted molar refractivity (Wildman–Crippen MR) is 106 cm³/mol. The van der Waals surface area contributed by atoms with Crippen molar-refractivity contribution in [2.24, 2.45) is 0 Å². The molecule has 1 unspecified atom stereocenters. The molecule has 0 spiro atoms. The molecule has 2 aromatic heterocycles. The topological polar surface area (TPSA) is 96.5 Å². The first kappa shape index (κ1) is 19.3. The van der Waals surface area contributed by atoms with Crippen LogP contribution in [0.4, 0.5) is 0 Å². The third-order valence-electron chi connectivity index (χ3n) is 4.60. The SMILES string of the molecule is COc1cccc(-c2cc(COC(=O)CC3CSc4ncc(C)c(=O)n43)no2)c1. The van der Waals surface area contributed by atoms with Crippen molar-refractivity contribution in [3.8, 4) is 17.1 Å². The Hall–Kier alpha value is -3.07. The maximum Gasteiger partial charge on any atom is 0.308 e. The quantitative estimate of drug-likeness (QED) is 0.449. The fourth-order valence-electron chi connectivity index (χ4n) is 3.07. The molecular formula is C20H19N3O5S. The van der Waals surface area contributed by atoms with E-state index in [0.29, 0.717) is 33.7 Å². The summed E-state index contributed by atoms with van der Waals surface area (Å²) in [5, 5.41) is 4.59. The van der Waals surface area contributed by atoms with Crippen molar-refractivity contribution in [3.05, 3.63) is 58.1 Å². The lowest BCUT2D eigenvalue weighted by Crippen LogP contribution is -2.27. The van der Waals surface area contributed by atoms with Crippen LogP contribution in [0.1, 0.15) is 23.7 Å². The van der Waals surface area contributed by atoms with Crippen LogP contribution in [0.25, 0.3) is 11.3 Å². The van der Waals surface area contributed by atoms with E-state index < -0.39 is 5.97 Å². The van der Waals surface area contributed by atoms with E-state index in [9.17, 15) is 9.59 Å². The highest BCUT2D eigenvalue weighted by atomic mass is 32.2. The van der Waals surface area contributed by atoms with Gasteiger partial charge in [-0.15, -0.1) is 0 Å². The summed E-state index contributed by atoms with van der Waals surface area (Å²) < 4.78 is 17.5. The van der Waals surface area contributed by atoms with Gasteiger partial charge in [-0.25, -0.2) is 4.98 Å². The van der Waals surface area contributed by atoms with Crippen LogP contribution in [-0.4, -0.2) is 33.5 Å². The van der Waals surface area contributed by atoms with Gasteiger partial charge in [-0.1, -0.05) is 29.1 Å². The van der Waals surface area contributed by atoms with Crippen molar-refractivity contribution in [1.29, 1.82) is 0 Å². The molecule has 150 valence electrons. The Morgan fingerprint density at radius 2 is 2.24 bits per heavy atom. The van der Waals surface area contributed by atoms with E-state index in [1.165, 1.54) is 11.8 Å². The third-order valence-corrected chi connectivity index (χ3v) is 5.71. The van der Waals surface area contributed by atoms with Crippen LogP contribution in [0.15, 0.2) is 51.0 Å². The Labute approximate surface area is 170 Å². The van der Waals surface area contributed by atoms with Crippen molar-refractivity contribution in [2.45, 2.75) is 31.1 Å². The standard InChI is InChI=1S/C20H19N3O5S/c1-12-9-21-20-23(19(12)25)15(11-29-20)8-18(24)27-10-14-7-17(28-22-14)13-4-3-5-16(6-13)26-2/h3-7,9,15H,8,10-11H2,1-2H3. The lowest BCUT2D eigenvalue weighted by atomic mass is 10.1. The highest BCUT2D eigenvalue weighted by Gasteiger charge is 2.28. The number of benzene rings is 1. The number of aryl methyl sites for hydroxylation is 1. The van der Waals surface area contributed by atoms with Crippen LogP contribution in [0.5, 0.6) is 5.75 Å². The summed E-state index contributed by atoms with van der Waals surface area (Å²) in [7, 11) is 1.59. The second-order valence-electron chi connectivity index (χ2n) is 6.64. The number of hydrogen-bond donors (Lipinski definition) is 0. The lowest BCUT2D eigenvalue weighted by molar-refractivity contribution is -0.145. The average Bonchev–Trinajstić information content (AvgIpc) is 3.37. The average molecular weight is 413 g/mol. The van der Waals surface area contributed by atoms with E-state index in [1.807, 2.05) is 24.3 Å². The molecular weight excluding hydrogens is 394 g/mol. The molecule has 0 aliphatic carbocycles. The Morgan fingerprint density at radius 1 is 1.38 bits per heavy atom. The van der Waals surface area contributed by atoms with Gasteiger partial charge in [0.1, 0.15) is 18.1 Å². The molecule has 0 fully saturated rings. The highest BCUT2D eigenvalue weighted by Crippen LogP contribution is 2.32. The largest absolute Gasteiger partial charge is 0.497 e. The van der Waals surface area contributed by atoms with Gasteiger partial charge in [0.05, 0.1) is 19.6 Å². The minimum absolute atomic E-state index is 0.0000118. The maximum absolute atomic E-state index is 12.3. The van der Waals surface area contributed by atoms with Crippen molar-refractivity contribution in [3.63, 3.8) is 0 Å². The molecule has 3 aromatic rings. The number of fused-ring (bicyclic) bond motifs is 1. The van der Waals surface area contributed by atoms with Gasteiger partial charge in [0.2, 0.25) is 0 Å². The zero-order chi connectivity index (χ0) is 20.4. The zero-order valence-electron chi connectivity index (χ0n) is 16.0. The molecule has 1 atom stereocenters. The van der Waals surface area contributed by atoms with E-state index in [0.717, 1.165) is 5.56 Å². The molecule has 0 saturated carbocycles. The van der Waals surface area contributed by atoms with Crippen molar-refractivity contribution in [1.82, 2.24) is 14.7 Å². The van der Waals surface area contributed by atoms with Crippen LogP contribution >= 0.6 is 11.8 Å². The van der Waals surface area contributed by atoms with Crippen molar-refractivity contribution >= 4 is 17.7 Å². The van der Waals surface area contributed by atoms with Gasteiger partial charge in [-0.3, -0.25) is 14.2 Å². The van der Waals surface area contributed by atoms with Crippen LogP contribution in [0.2, 0.25) is 0 Å². The van der Waals surface area contributed by atoms with Crippen LogP contribution < -0.4 is 10.3 Å². The summed E-state index contributed by atoms with van der Waals surface area (Å²) in [5.41, 5.74) is 1.77. The van der Waals surface area contributed by atoms with Gasteiger partial charge >= 0.3 is 5.97 Å². The first-order chi connectivity index (χ1) is 14.0. The van der Waals surface area contributed by atoms with Gasteiger partial charge in [-0.2, -0.15) is 0 Å². The van der Waals surface area contributed by atoms with Crippen LogP contribution in [0.3, 0.4) is 0 Å². The van der Waals surface area contributed by atoms with Gasteiger partial charge in [-0.05, 0) is 19.1 Å². The minimum atomic E-state index is -0.400. The van der Waals surface area contributed by atoms with Gasteiger partial charge < -0.3 is 14.0 Å². The highest BCUT2D eigenvalue weighted by molar-refractivity contribution is 7.99. The van der Waals surface area contributed by atoms with Crippen molar-refractivity contribution in [2.75, 3.05) is 12.9 Å². The molecule has 0 radical (unpaired) electrons. The van der Waals surface area contributed by atoms with E-state index in [2.05, 4.69) is 10.1 Å². The monoisotopic (exact) mass is 413 g/mol. The number of methoxy groups -OCH3 is 1. The minimum Gasteiger partial charge on any atom is -0.497 e. The molecule has 9 heteroatoms. The number of rotatable bonds is 6. The van der Waals surface area contributed by atoms with Gasteiger partial charge in [0.25, 0.3) is 5.56 Å². The number of carbonyl (C=O) groups excluding carboxylic acids is 1. The van der Waals surface area contributed by atoms with E-state index >= 15 is 0 Å². The number of thioether (sulfide) groups is 1. The third kappa shape index (κ3) is 4.04. The predicted octanol–water partition coefficient (Wildman–Crippen LogP) is 3.00. The normalized spacial score (nSPS) is 15.2. The molecule has 1 aliphatic rings. The molecule has 1 aromatic carbocycles. The molecule has 1 aliphatic heterocycles. The number of ether oxygens (including phenoxy) is 2. The summed E-state index contributed by atoms with van der Waals surface area (Å²) in [4.78, 5) is 28.9. The van der Waals surface area contributed by atoms with Crippen molar-refractivity contribution < 1.29 is 18.8 Å². The first-order valence-electron chi connectivity index (χ1n) is 9.01. The molecule has 0 amide bonds. The molecule has 0 saturated heterocycles. The summed E-state index contributed by atoms with van der Waals surface area (Å²) in [6, 6.07) is 8.87. The molecule has 0 bridgehead atoms. The summed E-state index contributed by atoms with van der Waals surface area (Å²) in [6.45, 7) is 1.71. The summed E-state index contributed by atoms with van der Waals surface area (Å²) in [5.74, 6) is 1.48. The zero-order valence-corrected chi connectivity index (χ0v) is 16.8. The second-order valence-corrected chi connectivity index (χ2v) is 7.63. The Balaban J connectivity index is 1.38. The first-order valence-corrected chi connectivity index (χ1v) is 10.0. The number of carbonyl (C=O) groups is 1. The molecule has 8 nitrogen and oxygen atoms in total. The van der Waals surface area contributed by atoms with E-state index in [4.69, 9.17) is 14.0 Å². The number of esters is 1. The van der Waals surface area contributed by atoms with Gasteiger partial charge in [0.15, 0.2) is 10.9 Å². The lowest BCUT2D eigenvalue weighted by Gasteiger charge is -2.12. The smallest absolute Gasteiger partial charge is 0.308 e. The van der Waals surface area contributed by atoms with Gasteiger partial charge in [0, 0.05) is 29.1 Å². The molecule has 4 rings (SSSR count). The number of aromatic nitrogens is 3. The van der Waals surface area contributed by atoms with E-state index in [-0.39, 0.29) is 24.6 Å². The Morgan fingerprint density at radius 3 is 3.07 bits per heavy atom. The summed E-state index contributed by atoms with van der Waals surface area (Å²) >= 11 is 1.47. The maximum atomic E-state index is 12.3. The molecule has 29 heavy (non-hydrogen) atoms. The van der Waals surface area contributed by atoms with Crippen LogP contribution in [0, 0.1) is 6.92 Å². The second kappa shape index (κ2) is 8.12. The van der Waals surface area contributed by atoms with Crippen LogP contribution in [-0.2, 0) is 16.1 Å². The number of nitrogens with zero attached hydrogens (tertiary/aromatic N) is 3. The summed E-state index contributed by atoms with van der Waals surface area (Å²) in [6.07, 6.45) is 1.66. The Bertz CT molecular complexity index is 1110. The molecule has 3 heterocycles. The van der Waals surface area contributed by atoms with E-state index in [1.54, 1.807) is 30.9 Å². The fraction of sp³-hybridized carbons (Fsp3) is 0.300. The fourth-order valence-corrected chi connectivity index (χ4v) is 4.18. The Kier molecular flexibility index (Phi) is 5.39.